The fraction of sp³-hybridized carbons (Fsp3) is 0.440. The lowest BCUT2D eigenvalue weighted by atomic mass is 9.88. The zero-order valence-corrected chi connectivity index (χ0v) is 20.4. The standard InChI is InChI=1S/C25H27F2N7O3/c1-28-21-10-17(31-23-15(11-30-34(21)23)24(35)32-20-5-7-25(20,26)27)16-12-33(22-14(16)4-3-8-29-22)18-6-9-37-13-19(18)36-2/h3-4,8,10-12,18-20,28H,5-7,9,13H2,1-2H3,(H,32,35)/t18-,19+,20-/m0/s1. The van der Waals surface area contributed by atoms with Crippen molar-refractivity contribution in [1.29, 1.82) is 0 Å². The van der Waals surface area contributed by atoms with E-state index in [9.17, 15) is 13.6 Å². The van der Waals surface area contributed by atoms with Crippen LogP contribution in [-0.2, 0) is 9.47 Å². The van der Waals surface area contributed by atoms with Crippen LogP contribution >= 0.6 is 0 Å². The maximum absolute atomic E-state index is 13.8. The van der Waals surface area contributed by atoms with E-state index in [1.54, 1.807) is 20.4 Å². The van der Waals surface area contributed by atoms with Gasteiger partial charge in [-0.1, -0.05) is 0 Å². The molecule has 4 aromatic heterocycles. The highest BCUT2D eigenvalue weighted by Crippen LogP contribution is 2.38. The Morgan fingerprint density at radius 2 is 2.16 bits per heavy atom. The van der Waals surface area contributed by atoms with Gasteiger partial charge < -0.3 is 24.7 Å². The van der Waals surface area contributed by atoms with Crippen molar-refractivity contribution < 1.29 is 23.0 Å². The van der Waals surface area contributed by atoms with Crippen LogP contribution in [-0.4, -0.2) is 75.5 Å². The molecule has 0 spiro atoms. The van der Waals surface area contributed by atoms with Gasteiger partial charge in [0.1, 0.15) is 23.1 Å². The number of nitrogens with zero attached hydrogens (tertiary/aromatic N) is 5. The van der Waals surface area contributed by atoms with E-state index in [4.69, 9.17) is 14.5 Å². The number of rotatable bonds is 6. The van der Waals surface area contributed by atoms with Crippen LogP contribution in [0, 0.1) is 0 Å². The van der Waals surface area contributed by atoms with Crippen molar-refractivity contribution in [3.63, 3.8) is 0 Å². The minimum atomic E-state index is -2.90. The third kappa shape index (κ3) is 3.91. The second kappa shape index (κ2) is 9.03. The summed E-state index contributed by atoms with van der Waals surface area (Å²) >= 11 is 0. The number of anilines is 1. The molecule has 37 heavy (non-hydrogen) atoms. The van der Waals surface area contributed by atoms with Gasteiger partial charge in [-0.3, -0.25) is 4.79 Å². The molecule has 0 unspecified atom stereocenters. The van der Waals surface area contributed by atoms with Crippen molar-refractivity contribution >= 4 is 28.4 Å². The predicted molar refractivity (Wildman–Crippen MR) is 132 cm³/mol. The van der Waals surface area contributed by atoms with Gasteiger partial charge in [0.25, 0.3) is 11.8 Å². The number of carbonyl (C=O) groups excluding carboxylic acids is 1. The van der Waals surface area contributed by atoms with Gasteiger partial charge in [0.05, 0.1) is 30.6 Å². The summed E-state index contributed by atoms with van der Waals surface area (Å²) in [7, 11) is 3.41. The second-order valence-corrected chi connectivity index (χ2v) is 9.43. The second-order valence-electron chi connectivity index (χ2n) is 9.43. The normalized spacial score (nSPS) is 23.2. The van der Waals surface area contributed by atoms with Crippen molar-refractivity contribution in [3.8, 4) is 11.3 Å². The summed E-state index contributed by atoms with van der Waals surface area (Å²) in [5, 5.41) is 10.7. The van der Waals surface area contributed by atoms with Crippen LogP contribution in [0.4, 0.5) is 14.6 Å². The Morgan fingerprint density at radius 1 is 1.30 bits per heavy atom. The number of halogens is 2. The van der Waals surface area contributed by atoms with Crippen LogP contribution in [0.15, 0.2) is 36.8 Å². The highest BCUT2D eigenvalue weighted by atomic mass is 19.3. The summed E-state index contributed by atoms with van der Waals surface area (Å²) in [6.45, 7) is 1.11. The van der Waals surface area contributed by atoms with Gasteiger partial charge in [-0.25, -0.2) is 18.7 Å². The van der Waals surface area contributed by atoms with Gasteiger partial charge in [-0.15, -0.1) is 0 Å². The van der Waals surface area contributed by atoms with E-state index >= 15 is 0 Å². The number of ether oxygens (including phenoxy) is 2. The van der Waals surface area contributed by atoms with Crippen molar-refractivity contribution in [2.24, 2.45) is 0 Å². The van der Waals surface area contributed by atoms with Crippen molar-refractivity contribution in [3.05, 3.63) is 42.4 Å². The molecule has 1 saturated carbocycles. The van der Waals surface area contributed by atoms with Crippen LogP contribution in [0.2, 0.25) is 0 Å². The highest BCUT2D eigenvalue weighted by molar-refractivity contribution is 6.01. The summed E-state index contributed by atoms with van der Waals surface area (Å²) in [6, 6.07) is 4.52. The molecule has 5 heterocycles. The molecule has 1 aliphatic carbocycles. The topological polar surface area (TPSA) is 108 Å². The molecule has 2 aliphatic rings. The number of aromatic nitrogens is 5. The van der Waals surface area contributed by atoms with Crippen LogP contribution in [0.1, 0.15) is 35.7 Å². The predicted octanol–water partition coefficient (Wildman–Crippen LogP) is 3.29. The molecule has 4 aromatic rings. The van der Waals surface area contributed by atoms with Crippen molar-refractivity contribution in [2.45, 2.75) is 43.4 Å². The molecular formula is C25H27F2N7O3. The Hall–Kier alpha value is -3.64. The molecule has 2 fully saturated rings. The Morgan fingerprint density at radius 3 is 2.89 bits per heavy atom. The average Bonchev–Trinajstić information content (AvgIpc) is 3.52. The zero-order valence-electron chi connectivity index (χ0n) is 20.4. The summed E-state index contributed by atoms with van der Waals surface area (Å²) in [5.41, 5.74) is 2.61. The van der Waals surface area contributed by atoms with Gasteiger partial charge in [0.2, 0.25) is 0 Å². The average molecular weight is 512 g/mol. The maximum Gasteiger partial charge on any atom is 0.267 e. The SMILES string of the molecule is CNc1cc(-c2cn([C@H]3CCOC[C@H]3OC)c3ncccc23)nc2c(C(=O)N[C@H]3CCC3(F)F)cnn12. The van der Waals surface area contributed by atoms with E-state index in [-0.39, 0.29) is 36.2 Å². The summed E-state index contributed by atoms with van der Waals surface area (Å²) in [4.78, 5) is 22.4. The summed E-state index contributed by atoms with van der Waals surface area (Å²) < 4.78 is 42.5. The Balaban J connectivity index is 1.46. The van der Waals surface area contributed by atoms with Gasteiger partial charge in [-0.05, 0) is 25.0 Å². The summed E-state index contributed by atoms with van der Waals surface area (Å²) in [6.07, 6.45) is 5.75. The molecule has 194 valence electrons. The van der Waals surface area contributed by atoms with E-state index in [0.717, 1.165) is 23.0 Å². The Bertz CT molecular complexity index is 1480. The number of carbonyl (C=O) groups is 1. The molecule has 6 rings (SSSR count). The molecule has 1 aliphatic heterocycles. The number of fused-ring (bicyclic) bond motifs is 2. The fourth-order valence-electron chi connectivity index (χ4n) is 5.14. The monoisotopic (exact) mass is 511 g/mol. The van der Waals surface area contributed by atoms with Crippen LogP contribution in [0.3, 0.4) is 0 Å². The number of nitrogens with one attached hydrogen (secondary N) is 2. The number of pyridine rings is 1. The maximum atomic E-state index is 13.8. The highest BCUT2D eigenvalue weighted by Gasteiger charge is 2.49. The first-order valence-corrected chi connectivity index (χ1v) is 12.2. The van der Waals surface area contributed by atoms with Crippen molar-refractivity contribution in [1.82, 2.24) is 29.5 Å². The minimum absolute atomic E-state index is 0.0258. The molecule has 1 saturated heterocycles. The molecule has 3 atom stereocenters. The third-order valence-electron chi connectivity index (χ3n) is 7.35. The molecule has 1 amide bonds. The van der Waals surface area contributed by atoms with E-state index in [2.05, 4.69) is 25.3 Å². The van der Waals surface area contributed by atoms with E-state index < -0.39 is 17.9 Å². The number of hydrogen-bond donors (Lipinski definition) is 2. The fourth-order valence-corrected chi connectivity index (χ4v) is 5.14. The minimum Gasteiger partial charge on any atom is -0.379 e. The van der Waals surface area contributed by atoms with Gasteiger partial charge in [0.15, 0.2) is 5.65 Å². The largest absolute Gasteiger partial charge is 0.379 e. The van der Waals surface area contributed by atoms with Crippen LogP contribution in [0.5, 0.6) is 0 Å². The Labute approximate surface area is 211 Å². The number of alkyl halides is 2. The first-order valence-electron chi connectivity index (χ1n) is 12.2. The van der Waals surface area contributed by atoms with E-state index in [0.29, 0.717) is 24.7 Å². The van der Waals surface area contributed by atoms with Crippen molar-refractivity contribution in [2.75, 3.05) is 32.7 Å². The lowest BCUT2D eigenvalue weighted by Gasteiger charge is -2.36. The molecular weight excluding hydrogens is 484 g/mol. The van der Waals surface area contributed by atoms with E-state index in [1.807, 2.05) is 24.4 Å². The third-order valence-corrected chi connectivity index (χ3v) is 7.35. The van der Waals surface area contributed by atoms with E-state index in [1.165, 1.54) is 10.7 Å². The molecule has 2 N–H and O–H groups in total. The molecule has 0 bridgehead atoms. The number of methoxy groups -OCH3 is 1. The van der Waals surface area contributed by atoms with Crippen LogP contribution < -0.4 is 10.6 Å². The quantitative estimate of drug-likeness (QED) is 0.409. The molecule has 12 heteroatoms. The van der Waals surface area contributed by atoms with Gasteiger partial charge >= 0.3 is 0 Å². The lowest BCUT2D eigenvalue weighted by molar-refractivity contribution is -0.102. The lowest BCUT2D eigenvalue weighted by Crippen LogP contribution is -2.55. The Kier molecular flexibility index (Phi) is 5.80. The smallest absolute Gasteiger partial charge is 0.267 e. The first-order chi connectivity index (χ1) is 17.9. The van der Waals surface area contributed by atoms with Crippen LogP contribution in [0.25, 0.3) is 27.9 Å². The number of hydrogen-bond acceptors (Lipinski definition) is 7. The van der Waals surface area contributed by atoms with Gasteiger partial charge in [0, 0.05) is 56.6 Å². The molecule has 0 radical (unpaired) electrons. The first kappa shape index (κ1) is 23.7. The number of amides is 1. The zero-order chi connectivity index (χ0) is 25.7. The summed E-state index contributed by atoms with van der Waals surface area (Å²) in [5.74, 6) is -2.93. The van der Waals surface area contributed by atoms with Gasteiger partial charge in [-0.2, -0.15) is 9.61 Å². The molecule has 0 aromatic carbocycles. The molecule has 10 nitrogen and oxygen atoms in total.